The van der Waals surface area contributed by atoms with Crippen LogP contribution in [-0.4, -0.2) is 40.8 Å². The summed E-state index contributed by atoms with van der Waals surface area (Å²) >= 11 is 0. The number of aliphatic hydroxyl groups excluding tert-OH is 1. The van der Waals surface area contributed by atoms with E-state index in [1.807, 2.05) is 12.1 Å². The molecule has 1 aromatic rings. The number of esters is 1. The van der Waals surface area contributed by atoms with Gasteiger partial charge >= 0.3 is 5.97 Å². The molecule has 0 saturated carbocycles. The van der Waals surface area contributed by atoms with Crippen LogP contribution in [0.4, 0.5) is 0 Å². The molecule has 5 nitrogen and oxygen atoms in total. The van der Waals surface area contributed by atoms with Crippen LogP contribution in [0.2, 0.25) is 0 Å². The summed E-state index contributed by atoms with van der Waals surface area (Å²) in [6, 6.07) is 7.33. The number of carbonyl (C=O) groups excluding carboxylic acids is 2. The fraction of sp³-hybridized carbons (Fsp3) is 0.556. The Balaban J connectivity index is 2.57. The lowest BCUT2D eigenvalue weighted by Gasteiger charge is -2.25. The van der Waals surface area contributed by atoms with Crippen LogP contribution in [0.3, 0.4) is 0 Å². The van der Waals surface area contributed by atoms with Crippen molar-refractivity contribution in [2.24, 2.45) is 0 Å². The van der Waals surface area contributed by atoms with Crippen molar-refractivity contribution >= 4 is 11.9 Å². The van der Waals surface area contributed by atoms with Gasteiger partial charge in [0.05, 0.1) is 12.0 Å². The zero-order chi connectivity index (χ0) is 17.4. The van der Waals surface area contributed by atoms with Crippen molar-refractivity contribution < 1.29 is 19.4 Å². The Morgan fingerprint density at radius 2 is 1.78 bits per heavy atom. The first kappa shape index (κ1) is 19.2. The zero-order valence-corrected chi connectivity index (χ0v) is 14.4. The first-order valence-corrected chi connectivity index (χ1v) is 8.16. The summed E-state index contributed by atoms with van der Waals surface area (Å²) in [5.41, 5.74) is 1.66. The molecule has 23 heavy (non-hydrogen) atoms. The number of ether oxygens (including phenoxy) is 1. The molecular formula is C18H27NO4. The molecule has 2 atom stereocenters. The Bertz CT molecular complexity index is 510. The minimum Gasteiger partial charge on any atom is -0.459 e. The largest absolute Gasteiger partial charge is 0.459 e. The number of benzene rings is 1. The summed E-state index contributed by atoms with van der Waals surface area (Å²) in [5.74, 6) is -0.672. The van der Waals surface area contributed by atoms with E-state index in [0.29, 0.717) is 12.1 Å². The number of nitrogens with zero attached hydrogens (tertiary/aromatic N) is 1. The molecule has 1 N–H and O–H groups in total. The molecule has 0 aliphatic rings. The van der Waals surface area contributed by atoms with Gasteiger partial charge < -0.3 is 14.7 Å². The Hall–Kier alpha value is -1.88. The summed E-state index contributed by atoms with van der Waals surface area (Å²) < 4.78 is 5.31. The highest BCUT2D eigenvalue weighted by atomic mass is 16.5. The number of carbonyl (C=O) groups is 2. The average molecular weight is 321 g/mol. The van der Waals surface area contributed by atoms with Gasteiger partial charge in [-0.2, -0.15) is 0 Å². The van der Waals surface area contributed by atoms with Gasteiger partial charge in [-0.3, -0.25) is 4.79 Å². The maximum absolute atomic E-state index is 12.1. The second-order valence-corrected chi connectivity index (χ2v) is 5.68. The predicted molar refractivity (Wildman–Crippen MR) is 89.0 cm³/mol. The summed E-state index contributed by atoms with van der Waals surface area (Å²) in [7, 11) is 0. The van der Waals surface area contributed by atoms with Gasteiger partial charge in [0.25, 0.3) is 0 Å². The highest BCUT2D eigenvalue weighted by Crippen LogP contribution is 2.11. The van der Waals surface area contributed by atoms with E-state index in [4.69, 9.17) is 4.74 Å². The van der Waals surface area contributed by atoms with Crippen LogP contribution >= 0.6 is 0 Å². The van der Waals surface area contributed by atoms with Crippen molar-refractivity contribution in [1.82, 2.24) is 4.90 Å². The first-order chi connectivity index (χ1) is 10.9. The fourth-order valence-electron chi connectivity index (χ4n) is 2.40. The maximum atomic E-state index is 12.1. The molecule has 0 bridgehead atoms. The molecule has 0 fully saturated rings. The Labute approximate surface area is 138 Å². The van der Waals surface area contributed by atoms with Gasteiger partial charge in [-0.15, -0.1) is 0 Å². The Morgan fingerprint density at radius 1 is 1.17 bits per heavy atom. The third-order valence-corrected chi connectivity index (χ3v) is 3.61. The number of aryl methyl sites for hydroxylation is 1. The number of rotatable bonds is 8. The third-order valence-electron chi connectivity index (χ3n) is 3.61. The van der Waals surface area contributed by atoms with Crippen LogP contribution in [-0.2, 0) is 16.0 Å². The normalized spacial score (nSPS) is 13.3. The predicted octanol–water partition coefficient (Wildman–Crippen LogP) is 2.76. The summed E-state index contributed by atoms with van der Waals surface area (Å²) in [6.07, 6.45) is 0.699. The van der Waals surface area contributed by atoms with E-state index in [9.17, 15) is 14.7 Å². The topological polar surface area (TPSA) is 66.8 Å². The number of aliphatic hydroxyl groups is 1. The lowest BCUT2D eigenvalue weighted by atomic mass is 10.1. The lowest BCUT2D eigenvalue weighted by molar-refractivity contribution is -0.141. The molecule has 0 aromatic heterocycles. The smallest absolute Gasteiger partial charge is 0.338 e. The monoisotopic (exact) mass is 321 g/mol. The van der Waals surface area contributed by atoms with E-state index in [-0.39, 0.29) is 12.3 Å². The third kappa shape index (κ3) is 6.02. The van der Waals surface area contributed by atoms with Crippen LogP contribution in [0.15, 0.2) is 24.3 Å². The molecule has 5 heteroatoms. The molecule has 1 amide bonds. The second kappa shape index (κ2) is 9.30. The van der Waals surface area contributed by atoms with Gasteiger partial charge in [-0.25, -0.2) is 4.79 Å². The highest BCUT2D eigenvalue weighted by Gasteiger charge is 2.21. The van der Waals surface area contributed by atoms with E-state index in [0.717, 1.165) is 12.8 Å². The molecule has 0 heterocycles. The maximum Gasteiger partial charge on any atom is 0.338 e. The minimum atomic E-state index is -0.846. The Morgan fingerprint density at radius 3 is 2.26 bits per heavy atom. The molecular weight excluding hydrogens is 294 g/mol. The standard InChI is InChI=1S/C18H27NO4/c1-5-7-15-8-10-16(11-9-15)18(22)23-13(3)12-17(21)19(6-2)14(4)20/h8-11,13-14,20H,5-7,12H2,1-4H3. The van der Waals surface area contributed by atoms with E-state index in [1.165, 1.54) is 17.4 Å². The summed E-state index contributed by atoms with van der Waals surface area (Å²) in [6.45, 7) is 7.52. The molecule has 0 aliphatic carbocycles. The molecule has 0 saturated heterocycles. The Kier molecular flexibility index (Phi) is 7.75. The highest BCUT2D eigenvalue weighted by molar-refractivity contribution is 5.89. The van der Waals surface area contributed by atoms with Gasteiger partial charge in [0.15, 0.2) is 0 Å². The van der Waals surface area contributed by atoms with Gasteiger partial charge in [0.2, 0.25) is 5.91 Å². The molecule has 1 rings (SSSR count). The quantitative estimate of drug-likeness (QED) is 0.590. The molecule has 0 spiro atoms. The van der Waals surface area contributed by atoms with Gasteiger partial charge in [-0.1, -0.05) is 25.5 Å². The van der Waals surface area contributed by atoms with Crippen molar-refractivity contribution in [3.05, 3.63) is 35.4 Å². The van der Waals surface area contributed by atoms with Gasteiger partial charge in [0, 0.05) is 6.54 Å². The van der Waals surface area contributed by atoms with Crippen molar-refractivity contribution in [2.75, 3.05) is 6.54 Å². The van der Waals surface area contributed by atoms with E-state index in [1.54, 1.807) is 26.0 Å². The lowest BCUT2D eigenvalue weighted by Crippen LogP contribution is -2.40. The summed E-state index contributed by atoms with van der Waals surface area (Å²) in [4.78, 5) is 25.5. The number of amides is 1. The van der Waals surface area contributed by atoms with Crippen LogP contribution < -0.4 is 0 Å². The van der Waals surface area contributed by atoms with Crippen molar-refractivity contribution in [3.63, 3.8) is 0 Å². The first-order valence-electron chi connectivity index (χ1n) is 8.16. The molecule has 2 unspecified atom stereocenters. The summed E-state index contributed by atoms with van der Waals surface area (Å²) in [5, 5.41) is 9.52. The van der Waals surface area contributed by atoms with Crippen molar-refractivity contribution in [1.29, 1.82) is 0 Å². The molecule has 1 aromatic carbocycles. The van der Waals surface area contributed by atoms with Crippen LogP contribution in [0, 0.1) is 0 Å². The van der Waals surface area contributed by atoms with Crippen LogP contribution in [0.5, 0.6) is 0 Å². The van der Waals surface area contributed by atoms with Crippen LogP contribution in [0.25, 0.3) is 0 Å². The van der Waals surface area contributed by atoms with Crippen LogP contribution in [0.1, 0.15) is 56.5 Å². The van der Waals surface area contributed by atoms with Crippen molar-refractivity contribution in [2.45, 2.75) is 59.3 Å². The van der Waals surface area contributed by atoms with E-state index >= 15 is 0 Å². The van der Waals surface area contributed by atoms with E-state index < -0.39 is 18.3 Å². The second-order valence-electron chi connectivity index (χ2n) is 5.68. The number of hydrogen-bond donors (Lipinski definition) is 1. The van der Waals surface area contributed by atoms with Gasteiger partial charge in [-0.05, 0) is 44.9 Å². The number of hydrogen-bond acceptors (Lipinski definition) is 4. The molecule has 128 valence electrons. The fourth-order valence-corrected chi connectivity index (χ4v) is 2.40. The molecule has 0 radical (unpaired) electrons. The molecule has 0 aliphatic heterocycles. The zero-order valence-electron chi connectivity index (χ0n) is 14.4. The average Bonchev–Trinajstić information content (AvgIpc) is 2.48. The minimum absolute atomic E-state index is 0.0540. The van der Waals surface area contributed by atoms with Gasteiger partial charge in [0.1, 0.15) is 12.3 Å². The van der Waals surface area contributed by atoms with E-state index in [2.05, 4.69) is 6.92 Å². The van der Waals surface area contributed by atoms with Crippen molar-refractivity contribution in [3.8, 4) is 0 Å². The SMILES string of the molecule is CCCc1ccc(C(=O)OC(C)CC(=O)N(CC)C(C)O)cc1.